The SMILES string of the molecule is Cl.NOc1cc(F)ccc1F. The highest BCUT2D eigenvalue weighted by Crippen LogP contribution is 2.15. The lowest BCUT2D eigenvalue weighted by atomic mass is 10.3. The number of rotatable bonds is 1. The second-order valence-corrected chi connectivity index (χ2v) is 1.69. The minimum atomic E-state index is -0.677. The zero-order valence-electron chi connectivity index (χ0n) is 5.38. The van der Waals surface area contributed by atoms with E-state index in [1.807, 2.05) is 0 Å². The highest BCUT2D eigenvalue weighted by atomic mass is 35.5. The van der Waals surface area contributed by atoms with Gasteiger partial charge in [0, 0.05) is 6.07 Å². The molecule has 1 aromatic carbocycles. The Hall–Kier alpha value is -0.870. The summed E-state index contributed by atoms with van der Waals surface area (Å²) in [6.07, 6.45) is 0. The summed E-state index contributed by atoms with van der Waals surface area (Å²) in [6, 6.07) is 2.80. The van der Waals surface area contributed by atoms with E-state index in [4.69, 9.17) is 0 Å². The van der Waals surface area contributed by atoms with Crippen molar-refractivity contribution in [2.75, 3.05) is 0 Å². The van der Waals surface area contributed by atoms with Gasteiger partial charge >= 0.3 is 0 Å². The predicted octanol–water partition coefficient (Wildman–Crippen LogP) is 1.64. The Morgan fingerprint density at radius 1 is 1.27 bits per heavy atom. The molecule has 62 valence electrons. The van der Waals surface area contributed by atoms with E-state index in [9.17, 15) is 8.78 Å². The predicted molar refractivity (Wildman–Crippen MR) is 38.4 cm³/mol. The topological polar surface area (TPSA) is 35.2 Å². The standard InChI is InChI=1S/C6H5F2NO.ClH/c7-4-1-2-5(8)6(3-4)10-9;/h1-3H,9H2;1H. The first-order valence-corrected chi connectivity index (χ1v) is 2.56. The van der Waals surface area contributed by atoms with Crippen molar-refractivity contribution in [3.8, 4) is 5.75 Å². The summed E-state index contributed by atoms with van der Waals surface area (Å²) in [6.45, 7) is 0. The Kier molecular flexibility index (Phi) is 3.78. The lowest BCUT2D eigenvalue weighted by Gasteiger charge is -1.97. The Morgan fingerprint density at radius 3 is 2.36 bits per heavy atom. The number of halogens is 3. The molecule has 11 heavy (non-hydrogen) atoms. The van der Waals surface area contributed by atoms with Crippen LogP contribution in [-0.4, -0.2) is 0 Å². The number of nitrogens with two attached hydrogens (primary N) is 1. The van der Waals surface area contributed by atoms with Gasteiger partial charge in [0.25, 0.3) is 0 Å². The van der Waals surface area contributed by atoms with E-state index in [1.165, 1.54) is 0 Å². The Labute approximate surface area is 68.3 Å². The van der Waals surface area contributed by atoms with Crippen LogP contribution in [0.5, 0.6) is 5.75 Å². The fourth-order valence-electron chi connectivity index (χ4n) is 0.568. The smallest absolute Gasteiger partial charge is 0.185 e. The van der Waals surface area contributed by atoms with Crippen LogP contribution in [0.4, 0.5) is 8.78 Å². The molecule has 0 spiro atoms. The molecule has 2 N–H and O–H groups in total. The Balaban J connectivity index is 0.000001000. The fourth-order valence-corrected chi connectivity index (χ4v) is 0.568. The number of benzene rings is 1. The first-order chi connectivity index (χ1) is 4.74. The third kappa shape index (κ3) is 2.32. The van der Waals surface area contributed by atoms with Gasteiger partial charge in [0.15, 0.2) is 11.6 Å². The number of hydrogen-bond acceptors (Lipinski definition) is 2. The first kappa shape index (κ1) is 10.1. The minimum absolute atomic E-state index is 0. The van der Waals surface area contributed by atoms with E-state index in [0.29, 0.717) is 0 Å². The van der Waals surface area contributed by atoms with Crippen LogP contribution in [0.25, 0.3) is 0 Å². The van der Waals surface area contributed by atoms with Crippen molar-refractivity contribution in [2.24, 2.45) is 5.90 Å². The van der Waals surface area contributed by atoms with Gasteiger partial charge in [-0.05, 0) is 12.1 Å². The van der Waals surface area contributed by atoms with Crippen molar-refractivity contribution < 1.29 is 13.6 Å². The van der Waals surface area contributed by atoms with Crippen molar-refractivity contribution in [2.45, 2.75) is 0 Å². The van der Waals surface area contributed by atoms with Gasteiger partial charge in [0.1, 0.15) is 5.82 Å². The summed E-state index contributed by atoms with van der Waals surface area (Å²) in [5, 5.41) is 0. The van der Waals surface area contributed by atoms with E-state index in [2.05, 4.69) is 10.7 Å². The van der Waals surface area contributed by atoms with Gasteiger partial charge in [0.2, 0.25) is 0 Å². The van der Waals surface area contributed by atoms with Crippen LogP contribution in [0.1, 0.15) is 0 Å². The van der Waals surface area contributed by atoms with Gasteiger partial charge in [0.05, 0.1) is 0 Å². The maximum Gasteiger partial charge on any atom is 0.185 e. The average molecular weight is 182 g/mol. The van der Waals surface area contributed by atoms with Crippen LogP contribution < -0.4 is 10.7 Å². The molecule has 0 heterocycles. The molecular weight excluding hydrogens is 176 g/mol. The highest BCUT2D eigenvalue weighted by Gasteiger charge is 2.02. The lowest BCUT2D eigenvalue weighted by molar-refractivity contribution is 0.313. The lowest BCUT2D eigenvalue weighted by Crippen LogP contribution is -2.03. The highest BCUT2D eigenvalue weighted by molar-refractivity contribution is 5.85. The molecule has 5 heteroatoms. The summed E-state index contributed by atoms with van der Waals surface area (Å²) < 4.78 is 24.6. The summed E-state index contributed by atoms with van der Waals surface area (Å²) in [7, 11) is 0. The van der Waals surface area contributed by atoms with Gasteiger partial charge in [-0.2, -0.15) is 5.90 Å². The van der Waals surface area contributed by atoms with Crippen molar-refractivity contribution in [1.29, 1.82) is 0 Å². The molecule has 1 rings (SSSR count). The molecule has 0 saturated heterocycles. The van der Waals surface area contributed by atoms with Crippen molar-refractivity contribution >= 4 is 12.4 Å². The third-order valence-corrected chi connectivity index (χ3v) is 1.02. The van der Waals surface area contributed by atoms with E-state index in [1.54, 1.807) is 0 Å². The summed E-state index contributed by atoms with van der Waals surface area (Å²) in [5.74, 6) is 3.06. The molecule has 0 aliphatic carbocycles. The Bertz CT molecular complexity index is 244. The van der Waals surface area contributed by atoms with Gasteiger partial charge in [-0.15, -0.1) is 12.4 Å². The molecule has 1 aromatic rings. The van der Waals surface area contributed by atoms with Crippen molar-refractivity contribution in [3.05, 3.63) is 29.8 Å². The molecule has 0 fully saturated rings. The molecule has 0 unspecified atom stereocenters. The maximum absolute atomic E-state index is 12.4. The third-order valence-electron chi connectivity index (χ3n) is 1.02. The monoisotopic (exact) mass is 181 g/mol. The number of hydrogen-bond donors (Lipinski definition) is 1. The summed E-state index contributed by atoms with van der Waals surface area (Å²) in [5.41, 5.74) is 0. The zero-order chi connectivity index (χ0) is 7.56. The molecule has 0 amide bonds. The fraction of sp³-hybridized carbons (Fsp3) is 0. The zero-order valence-corrected chi connectivity index (χ0v) is 6.20. The molecular formula is C6H6ClF2NO. The molecule has 0 aromatic heterocycles. The maximum atomic E-state index is 12.4. The van der Waals surface area contributed by atoms with Crippen LogP contribution in [0, 0.1) is 11.6 Å². The quantitative estimate of drug-likeness (QED) is 0.669. The first-order valence-electron chi connectivity index (χ1n) is 2.56. The van der Waals surface area contributed by atoms with Crippen molar-refractivity contribution in [3.63, 3.8) is 0 Å². The van der Waals surface area contributed by atoms with Crippen LogP contribution >= 0.6 is 12.4 Å². The van der Waals surface area contributed by atoms with E-state index in [0.717, 1.165) is 18.2 Å². The van der Waals surface area contributed by atoms with E-state index < -0.39 is 11.6 Å². The molecule has 0 atom stereocenters. The van der Waals surface area contributed by atoms with Crippen LogP contribution in [0.3, 0.4) is 0 Å². The average Bonchev–Trinajstić information content (AvgIpc) is 1.94. The van der Waals surface area contributed by atoms with Gasteiger partial charge in [-0.1, -0.05) is 0 Å². The largest absolute Gasteiger partial charge is 0.408 e. The van der Waals surface area contributed by atoms with Crippen LogP contribution in [-0.2, 0) is 0 Å². The van der Waals surface area contributed by atoms with E-state index >= 15 is 0 Å². The van der Waals surface area contributed by atoms with Gasteiger partial charge in [-0.25, -0.2) is 8.78 Å². The molecule has 0 aliphatic rings. The van der Waals surface area contributed by atoms with E-state index in [-0.39, 0.29) is 18.2 Å². The van der Waals surface area contributed by atoms with Gasteiger partial charge < -0.3 is 4.84 Å². The molecule has 0 aliphatic heterocycles. The molecule has 2 nitrogen and oxygen atoms in total. The van der Waals surface area contributed by atoms with Crippen LogP contribution in [0.15, 0.2) is 18.2 Å². The molecule has 0 radical (unpaired) electrons. The van der Waals surface area contributed by atoms with Crippen molar-refractivity contribution in [1.82, 2.24) is 0 Å². The molecule has 0 bridgehead atoms. The Morgan fingerprint density at radius 2 is 1.91 bits per heavy atom. The second-order valence-electron chi connectivity index (χ2n) is 1.69. The molecule has 0 saturated carbocycles. The second kappa shape index (κ2) is 4.10. The summed E-state index contributed by atoms with van der Waals surface area (Å²) in [4.78, 5) is 4.01. The normalized spacial score (nSPS) is 8.64. The van der Waals surface area contributed by atoms with Gasteiger partial charge in [-0.3, -0.25) is 0 Å². The summed E-state index contributed by atoms with van der Waals surface area (Å²) >= 11 is 0. The minimum Gasteiger partial charge on any atom is -0.408 e. The van der Waals surface area contributed by atoms with Crippen LogP contribution in [0.2, 0.25) is 0 Å².